The average Bonchev–Trinajstić information content (AvgIpc) is 2.88. The van der Waals surface area contributed by atoms with Crippen molar-refractivity contribution in [2.45, 2.75) is 26.2 Å². The van der Waals surface area contributed by atoms with E-state index in [0.29, 0.717) is 19.3 Å². The van der Waals surface area contributed by atoms with Gasteiger partial charge in [-0.2, -0.15) is 0 Å². The van der Waals surface area contributed by atoms with Crippen molar-refractivity contribution in [3.05, 3.63) is 0 Å². The van der Waals surface area contributed by atoms with Crippen molar-refractivity contribution in [2.24, 2.45) is 23.2 Å². The third-order valence-corrected chi connectivity index (χ3v) is 4.50. The molecule has 0 aromatic carbocycles. The van der Waals surface area contributed by atoms with Gasteiger partial charge in [-0.05, 0) is 24.7 Å². The summed E-state index contributed by atoms with van der Waals surface area (Å²) < 4.78 is 9.60. The number of hydrogen-bond donors (Lipinski definition) is 0. The van der Waals surface area contributed by atoms with Gasteiger partial charge in [0.1, 0.15) is 5.78 Å². The molecular formula is C13H18O5. The molecule has 2 aliphatic carbocycles. The molecule has 0 unspecified atom stereocenters. The number of fused-ring (bicyclic) bond motifs is 1. The lowest BCUT2D eigenvalue weighted by molar-refractivity contribution is -0.172. The van der Waals surface area contributed by atoms with Gasteiger partial charge in [-0.3, -0.25) is 14.4 Å². The van der Waals surface area contributed by atoms with E-state index in [-0.39, 0.29) is 23.5 Å². The molecule has 0 aromatic rings. The molecule has 0 heterocycles. The summed E-state index contributed by atoms with van der Waals surface area (Å²) in [4.78, 5) is 36.1. The van der Waals surface area contributed by atoms with E-state index < -0.39 is 17.4 Å². The van der Waals surface area contributed by atoms with Crippen LogP contribution >= 0.6 is 0 Å². The second-order valence-corrected chi connectivity index (χ2v) is 5.27. The van der Waals surface area contributed by atoms with Gasteiger partial charge in [-0.15, -0.1) is 0 Å². The molecule has 2 saturated carbocycles. The highest BCUT2D eigenvalue weighted by atomic mass is 16.5. The van der Waals surface area contributed by atoms with Crippen molar-refractivity contribution in [1.82, 2.24) is 0 Å². The first-order valence-electron chi connectivity index (χ1n) is 6.18. The Morgan fingerprint density at radius 3 is 2.28 bits per heavy atom. The first-order chi connectivity index (χ1) is 8.48. The molecule has 0 saturated heterocycles. The van der Waals surface area contributed by atoms with Gasteiger partial charge in [0.2, 0.25) is 0 Å². The SMILES string of the molecule is COC(=O)C1(C(=O)OC)C[C@H](C)[C@@H]2C(=O)CC[C@@H]21. The van der Waals surface area contributed by atoms with Crippen LogP contribution in [0.25, 0.3) is 0 Å². The van der Waals surface area contributed by atoms with Crippen LogP contribution < -0.4 is 0 Å². The van der Waals surface area contributed by atoms with Crippen molar-refractivity contribution >= 4 is 17.7 Å². The maximum absolute atomic E-state index is 12.1. The van der Waals surface area contributed by atoms with Gasteiger partial charge in [-0.25, -0.2) is 0 Å². The smallest absolute Gasteiger partial charge is 0.323 e. The lowest BCUT2D eigenvalue weighted by Gasteiger charge is -2.28. The number of carbonyl (C=O) groups is 3. The van der Waals surface area contributed by atoms with Crippen LogP contribution in [-0.4, -0.2) is 31.9 Å². The Labute approximate surface area is 106 Å². The van der Waals surface area contributed by atoms with Gasteiger partial charge in [0.05, 0.1) is 14.2 Å². The number of ketones is 1. The summed E-state index contributed by atoms with van der Waals surface area (Å²) in [7, 11) is 2.53. The van der Waals surface area contributed by atoms with Gasteiger partial charge < -0.3 is 9.47 Å². The Balaban J connectivity index is 2.46. The fraction of sp³-hybridized carbons (Fsp3) is 0.769. The molecule has 5 nitrogen and oxygen atoms in total. The quantitative estimate of drug-likeness (QED) is 0.542. The molecule has 0 spiro atoms. The van der Waals surface area contributed by atoms with Crippen LogP contribution in [0, 0.1) is 23.2 Å². The van der Waals surface area contributed by atoms with Gasteiger partial charge in [0, 0.05) is 12.3 Å². The number of rotatable bonds is 2. The highest BCUT2D eigenvalue weighted by Gasteiger charge is 2.65. The van der Waals surface area contributed by atoms with E-state index in [1.165, 1.54) is 14.2 Å². The molecule has 3 atom stereocenters. The fourth-order valence-corrected chi connectivity index (χ4v) is 3.84. The summed E-state index contributed by atoms with van der Waals surface area (Å²) in [6.07, 6.45) is 1.35. The van der Waals surface area contributed by atoms with E-state index in [0.717, 1.165) is 0 Å². The average molecular weight is 254 g/mol. The predicted molar refractivity (Wildman–Crippen MR) is 61.5 cm³/mol. The van der Waals surface area contributed by atoms with Crippen LogP contribution in [0.3, 0.4) is 0 Å². The van der Waals surface area contributed by atoms with Crippen LogP contribution in [0.1, 0.15) is 26.2 Å². The monoisotopic (exact) mass is 254 g/mol. The number of esters is 2. The molecule has 0 aromatic heterocycles. The van der Waals surface area contributed by atoms with E-state index in [9.17, 15) is 14.4 Å². The van der Waals surface area contributed by atoms with E-state index in [1.54, 1.807) is 0 Å². The molecule has 0 N–H and O–H groups in total. The zero-order valence-electron chi connectivity index (χ0n) is 10.9. The minimum atomic E-state index is -1.28. The van der Waals surface area contributed by atoms with Gasteiger partial charge >= 0.3 is 11.9 Å². The van der Waals surface area contributed by atoms with Crippen LogP contribution in [0.5, 0.6) is 0 Å². The van der Waals surface area contributed by atoms with Crippen LogP contribution in [0.15, 0.2) is 0 Å². The summed E-state index contributed by atoms with van der Waals surface area (Å²) in [5, 5.41) is 0. The van der Waals surface area contributed by atoms with Crippen molar-refractivity contribution in [3.63, 3.8) is 0 Å². The van der Waals surface area contributed by atoms with Crippen molar-refractivity contribution < 1.29 is 23.9 Å². The number of carbonyl (C=O) groups excluding carboxylic acids is 3. The molecule has 0 bridgehead atoms. The molecule has 2 rings (SSSR count). The van der Waals surface area contributed by atoms with E-state index in [1.807, 2.05) is 6.92 Å². The lowest BCUT2D eigenvalue weighted by atomic mass is 9.76. The molecule has 2 aliphatic rings. The van der Waals surface area contributed by atoms with Crippen molar-refractivity contribution in [1.29, 1.82) is 0 Å². The van der Waals surface area contributed by atoms with Crippen LogP contribution in [0.4, 0.5) is 0 Å². The Hall–Kier alpha value is -1.39. The second-order valence-electron chi connectivity index (χ2n) is 5.27. The van der Waals surface area contributed by atoms with E-state index in [4.69, 9.17) is 9.47 Å². The standard InChI is InChI=1S/C13H18O5/c1-7-6-13(11(15)17-2,12(16)18-3)8-4-5-9(14)10(7)8/h7-8,10H,4-6H2,1-3H3/t7-,8-,10-/m0/s1. The molecule has 0 aliphatic heterocycles. The minimum absolute atomic E-state index is 0.0169. The summed E-state index contributed by atoms with van der Waals surface area (Å²) in [5.74, 6) is -1.43. The summed E-state index contributed by atoms with van der Waals surface area (Å²) >= 11 is 0. The Morgan fingerprint density at radius 1 is 1.22 bits per heavy atom. The molecule has 5 heteroatoms. The van der Waals surface area contributed by atoms with Crippen LogP contribution in [0.2, 0.25) is 0 Å². The molecule has 100 valence electrons. The van der Waals surface area contributed by atoms with E-state index in [2.05, 4.69) is 0 Å². The van der Waals surface area contributed by atoms with Crippen molar-refractivity contribution in [3.8, 4) is 0 Å². The lowest BCUT2D eigenvalue weighted by Crippen LogP contribution is -2.44. The van der Waals surface area contributed by atoms with Crippen molar-refractivity contribution in [2.75, 3.05) is 14.2 Å². The maximum atomic E-state index is 12.1. The van der Waals surface area contributed by atoms with E-state index >= 15 is 0 Å². The highest BCUT2D eigenvalue weighted by molar-refractivity contribution is 6.02. The Bertz CT molecular complexity index is 384. The Morgan fingerprint density at radius 2 is 1.78 bits per heavy atom. The zero-order chi connectivity index (χ0) is 13.5. The third kappa shape index (κ3) is 1.49. The normalized spacial score (nSPS) is 33.1. The Kier molecular flexibility index (Phi) is 3.17. The third-order valence-electron chi connectivity index (χ3n) is 4.50. The zero-order valence-corrected chi connectivity index (χ0v) is 10.9. The van der Waals surface area contributed by atoms with Crippen LogP contribution in [-0.2, 0) is 23.9 Å². The molecule has 0 radical (unpaired) electrons. The van der Waals surface area contributed by atoms with Gasteiger partial charge in [0.15, 0.2) is 5.41 Å². The number of Topliss-reactive ketones (excluding diaryl/α,β-unsaturated/α-hetero) is 1. The highest BCUT2D eigenvalue weighted by Crippen LogP contribution is 2.57. The number of methoxy groups -OCH3 is 2. The number of hydrogen-bond acceptors (Lipinski definition) is 5. The topological polar surface area (TPSA) is 69.7 Å². The first kappa shape index (κ1) is 13.1. The molecule has 18 heavy (non-hydrogen) atoms. The maximum Gasteiger partial charge on any atom is 0.323 e. The largest absolute Gasteiger partial charge is 0.468 e. The predicted octanol–water partition coefficient (Wildman–Crippen LogP) is 0.954. The summed E-state index contributed by atoms with van der Waals surface area (Å²) in [6, 6.07) is 0. The molecule has 2 fully saturated rings. The minimum Gasteiger partial charge on any atom is -0.468 e. The first-order valence-corrected chi connectivity index (χ1v) is 6.18. The summed E-state index contributed by atoms with van der Waals surface area (Å²) in [5.41, 5.74) is -1.28. The van der Waals surface area contributed by atoms with Gasteiger partial charge in [0.25, 0.3) is 0 Å². The number of ether oxygens (including phenoxy) is 2. The second kappa shape index (κ2) is 4.37. The van der Waals surface area contributed by atoms with Gasteiger partial charge in [-0.1, -0.05) is 6.92 Å². The fourth-order valence-electron chi connectivity index (χ4n) is 3.84. The summed E-state index contributed by atoms with van der Waals surface area (Å²) in [6.45, 7) is 1.91. The molecule has 0 amide bonds. The molecular weight excluding hydrogens is 236 g/mol.